The second-order valence-corrected chi connectivity index (χ2v) is 7.44. The Bertz CT molecular complexity index is 1150. The summed E-state index contributed by atoms with van der Waals surface area (Å²) in [6.07, 6.45) is 3.65. The molecule has 148 valence electrons. The number of piperidine rings is 1. The van der Waals surface area contributed by atoms with Crippen LogP contribution in [0.5, 0.6) is 5.75 Å². The minimum atomic E-state index is -0.0696. The van der Waals surface area contributed by atoms with Crippen molar-refractivity contribution < 1.29 is 13.9 Å². The SMILES string of the molecule is O=C(NC1CCNCC1)c1cc2c(OCc3coc4ccccc34)cccc2[nH]1. The van der Waals surface area contributed by atoms with Gasteiger partial charge in [-0.2, -0.15) is 0 Å². The van der Waals surface area contributed by atoms with Gasteiger partial charge >= 0.3 is 0 Å². The lowest BCUT2D eigenvalue weighted by molar-refractivity contribution is 0.0925. The minimum absolute atomic E-state index is 0.0696. The lowest BCUT2D eigenvalue weighted by atomic mass is 10.1. The van der Waals surface area contributed by atoms with Crippen LogP contribution in [0.1, 0.15) is 28.9 Å². The highest BCUT2D eigenvalue weighted by atomic mass is 16.5. The van der Waals surface area contributed by atoms with Crippen LogP contribution in [0.25, 0.3) is 21.9 Å². The van der Waals surface area contributed by atoms with Crippen molar-refractivity contribution in [2.75, 3.05) is 13.1 Å². The van der Waals surface area contributed by atoms with E-state index in [0.29, 0.717) is 12.3 Å². The van der Waals surface area contributed by atoms with Gasteiger partial charge in [-0.05, 0) is 50.2 Å². The minimum Gasteiger partial charge on any atom is -0.488 e. The Morgan fingerprint density at radius 2 is 1.97 bits per heavy atom. The molecule has 1 amide bonds. The van der Waals surface area contributed by atoms with Crippen LogP contribution in [0.3, 0.4) is 0 Å². The molecule has 2 aromatic heterocycles. The molecule has 0 bridgehead atoms. The van der Waals surface area contributed by atoms with Gasteiger partial charge < -0.3 is 24.8 Å². The Morgan fingerprint density at radius 1 is 1.10 bits per heavy atom. The first-order valence-electron chi connectivity index (χ1n) is 9.99. The third-order valence-corrected chi connectivity index (χ3v) is 5.49. The van der Waals surface area contributed by atoms with Crippen molar-refractivity contribution in [3.05, 3.63) is 66.1 Å². The van der Waals surface area contributed by atoms with Crippen molar-refractivity contribution in [2.45, 2.75) is 25.5 Å². The molecule has 6 nitrogen and oxygen atoms in total. The highest BCUT2D eigenvalue weighted by Gasteiger charge is 2.18. The third kappa shape index (κ3) is 3.59. The average Bonchev–Trinajstić information content (AvgIpc) is 3.38. The number of benzene rings is 2. The molecule has 0 saturated carbocycles. The Labute approximate surface area is 168 Å². The van der Waals surface area contributed by atoms with Crippen LogP contribution < -0.4 is 15.4 Å². The molecule has 0 spiro atoms. The highest BCUT2D eigenvalue weighted by Crippen LogP contribution is 2.29. The number of carbonyl (C=O) groups is 1. The van der Waals surface area contributed by atoms with Crippen molar-refractivity contribution in [1.82, 2.24) is 15.6 Å². The van der Waals surface area contributed by atoms with E-state index in [1.165, 1.54) is 0 Å². The maximum atomic E-state index is 12.7. The van der Waals surface area contributed by atoms with Crippen molar-refractivity contribution in [3.63, 3.8) is 0 Å². The number of H-pyrrole nitrogens is 1. The van der Waals surface area contributed by atoms with E-state index in [9.17, 15) is 4.79 Å². The van der Waals surface area contributed by atoms with Crippen LogP contribution in [0.4, 0.5) is 0 Å². The van der Waals surface area contributed by atoms with E-state index in [4.69, 9.17) is 9.15 Å². The quantitative estimate of drug-likeness (QED) is 0.482. The molecule has 1 saturated heterocycles. The zero-order valence-electron chi connectivity index (χ0n) is 16.0. The summed E-state index contributed by atoms with van der Waals surface area (Å²) in [5, 5.41) is 8.39. The van der Waals surface area contributed by atoms with E-state index in [1.54, 1.807) is 6.26 Å². The zero-order valence-corrected chi connectivity index (χ0v) is 16.0. The molecular weight excluding hydrogens is 366 g/mol. The number of aromatic amines is 1. The van der Waals surface area contributed by atoms with E-state index >= 15 is 0 Å². The standard InChI is InChI=1S/C23H23N3O3/c27-23(25-16-8-10-24-11-9-16)20-12-18-19(26-20)5-3-7-22(18)29-14-15-13-28-21-6-2-1-4-17(15)21/h1-7,12-13,16,24,26H,8-11,14H2,(H,25,27). The number of furan rings is 1. The van der Waals surface area contributed by atoms with E-state index in [-0.39, 0.29) is 11.9 Å². The van der Waals surface area contributed by atoms with Gasteiger partial charge in [-0.1, -0.05) is 24.3 Å². The molecule has 3 heterocycles. The summed E-state index contributed by atoms with van der Waals surface area (Å²) in [4.78, 5) is 15.9. The van der Waals surface area contributed by atoms with Crippen LogP contribution in [-0.2, 0) is 6.61 Å². The van der Waals surface area contributed by atoms with Crippen molar-refractivity contribution in [1.29, 1.82) is 0 Å². The molecule has 4 aromatic rings. The van der Waals surface area contributed by atoms with E-state index in [1.807, 2.05) is 48.5 Å². The molecule has 0 unspecified atom stereocenters. The fourth-order valence-electron chi connectivity index (χ4n) is 3.91. The van der Waals surface area contributed by atoms with Crippen LogP contribution in [0, 0.1) is 0 Å². The van der Waals surface area contributed by atoms with Crippen LogP contribution in [0.2, 0.25) is 0 Å². The monoisotopic (exact) mass is 389 g/mol. The van der Waals surface area contributed by atoms with Gasteiger partial charge in [-0.25, -0.2) is 0 Å². The molecule has 5 rings (SSSR count). The van der Waals surface area contributed by atoms with E-state index in [2.05, 4.69) is 15.6 Å². The number of aromatic nitrogens is 1. The summed E-state index contributed by atoms with van der Waals surface area (Å²) in [5.74, 6) is 0.671. The second-order valence-electron chi connectivity index (χ2n) is 7.44. The van der Waals surface area contributed by atoms with Gasteiger partial charge in [0.2, 0.25) is 0 Å². The van der Waals surface area contributed by atoms with Gasteiger partial charge in [0.15, 0.2) is 0 Å². The summed E-state index contributed by atoms with van der Waals surface area (Å²) in [6.45, 7) is 2.29. The molecule has 3 N–H and O–H groups in total. The van der Waals surface area contributed by atoms with E-state index < -0.39 is 0 Å². The normalized spacial score (nSPS) is 15.0. The average molecular weight is 389 g/mol. The molecule has 1 aliphatic heterocycles. The largest absolute Gasteiger partial charge is 0.488 e. The first-order chi connectivity index (χ1) is 14.3. The summed E-state index contributed by atoms with van der Waals surface area (Å²) in [5.41, 5.74) is 3.29. The van der Waals surface area contributed by atoms with Gasteiger partial charge in [-0.15, -0.1) is 0 Å². The summed E-state index contributed by atoms with van der Waals surface area (Å²) >= 11 is 0. The second kappa shape index (κ2) is 7.64. The van der Waals surface area contributed by atoms with Gasteiger partial charge in [-0.3, -0.25) is 4.79 Å². The number of ether oxygens (including phenoxy) is 1. The number of hydrogen-bond donors (Lipinski definition) is 3. The van der Waals surface area contributed by atoms with Crippen molar-refractivity contribution >= 4 is 27.8 Å². The maximum Gasteiger partial charge on any atom is 0.267 e. The molecule has 0 radical (unpaired) electrons. The van der Waals surface area contributed by atoms with Gasteiger partial charge in [0.05, 0.1) is 6.26 Å². The van der Waals surface area contributed by atoms with Gasteiger partial charge in [0.25, 0.3) is 5.91 Å². The number of amides is 1. The topological polar surface area (TPSA) is 79.3 Å². The Hall–Kier alpha value is -3.25. The van der Waals surface area contributed by atoms with Gasteiger partial charge in [0, 0.05) is 27.9 Å². The molecule has 6 heteroatoms. The first kappa shape index (κ1) is 17.8. The summed E-state index contributed by atoms with van der Waals surface area (Å²) in [6, 6.07) is 15.8. The zero-order chi connectivity index (χ0) is 19.6. The molecule has 0 atom stereocenters. The number of nitrogens with one attached hydrogen (secondary N) is 3. The summed E-state index contributed by atoms with van der Waals surface area (Å²) in [7, 11) is 0. The fraction of sp³-hybridized carbons (Fsp3) is 0.261. The third-order valence-electron chi connectivity index (χ3n) is 5.49. The number of carbonyl (C=O) groups excluding carboxylic acids is 1. The van der Waals surface area contributed by atoms with Crippen LogP contribution in [-0.4, -0.2) is 30.0 Å². The highest BCUT2D eigenvalue weighted by molar-refractivity contribution is 5.99. The molecule has 1 fully saturated rings. The predicted octanol–water partition coefficient (Wildman–Crippen LogP) is 3.97. The lowest BCUT2D eigenvalue weighted by Crippen LogP contribution is -2.42. The van der Waals surface area contributed by atoms with Gasteiger partial charge in [0.1, 0.15) is 23.6 Å². The van der Waals surface area contributed by atoms with Crippen molar-refractivity contribution in [3.8, 4) is 5.75 Å². The van der Waals surface area contributed by atoms with E-state index in [0.717, 1.165) is 59.1 Å². The molecule has 0 aliphatic carbocycles. The number of para-hydroxylation sites is 1. The Kier molecular flexibility index (Phi) is 4.69. The number of rotatable bonds is 5. The number of fused-ring (bicyclic) bond motifs is 2. The maximum absolute atomic E-state index is 12.7. The van der Waals surface area contributed by atoms with Crippen molar-refractivity contribution in [2.24, 2.45) is 0 Å². The smallest absolute Gasteiger partial charge is 0.267 e. The molecule has 1 aliphatic rings. The molecule has 2 aromatic carbocycles. The molecular formula is C23H23N3O3. The van der Waals surface area contributed by atoms with Crippen LogP contribution in [0.15, 0.2) is 59.2 Å². The lowest BCUT2D eigenvalue weighted by Gasteiger charge is -2.23. The molecule has 29 heavy (non-hydrogen) atoms. The first-order valence-corrected chi connectivity index (χ1v) is 9.99. The summed E-state index contributed by atoms with van der Waals surface area (Å²) < 4.78 is 11.7. The van der Waals surface area contributed by atoms with Crippen LogP contribution >= 0.6 is 0 Å². The Morgan fingerprint density at radius 3 is 2.86 bits per heavy atom. The Balaban J connectivity index is 1.35. The fourth-order valence-corrected chi connectivity index (χ4v) is 3.91. The number of hydrogen-bond acceptors (Lipinski definition) is 4. The predicted molar refractivity (Wildman–Crippen MR) is 112 cm³/mol.